The minimum atomic E-state index is 0.189. The van der Waals surface area contributed by atoms with Crippen molar-refractivity contribution in [1.82, 2.24) is 9.88 Å². The zero-order chi connectivity index (χ0) is 17.2. The number of nitrogens with zero attached hydrogens (tertiary/aromatic N) is 4. The van der Waals surface area contributed by atoms with Crippen molar-refractivity contribution in [2.75, 3.05) is 49.1 Å². The fourth-order valence-electron chi connectivity index (χ4n) is 3.60. The number of amides is 1. The monoisotopic (exact) mass is 356 g/mol. The number of piperazine rings is 1. The average molecular weight is 357 g/mol. The first-order chi connectivity index (χ1) is 12.2. The highest BCUT2D eigenvalue weighted by atomic mass is 35.5. The minimum absolute atomic E-state index is 0.189. The molecular weight excluding hydrogens is 336 g/mol. The standard InChI is InChI=1S/C19H21ClN4O/c20-16-5-3-8-21-19(16)23-12-10-22(11-13-23)14-18(25)24-9-7-15-4-1-2-6-17(15)24/h1-6,8H,7,9-14H2. The summed E-state index contributed by atoms with van der Waals surface area (Å²) in [4.78, 5) is 23.4. The Balaban J connectivity index is 1.35. The van der Waals surface area contributed by atoms with Gasteiger partial charge in [0.15, 0.2) is 0 Å². The SMILES string of the molecule is O=C(CN1CCN(c2ncccc2Cl)CC1)N1CCc2ccccc21. The topological polar surface area (TPSA) is 39.7 Å². The fourth-order valence-corrected chi connectivity index (χ4v) is 3.84. The van der Waals surface area contributed by atoms with Crippen LogP contribution in [0.1, 0.15) is 5.56 Å². The molecule has 2 aromatic rings. The van der Waals surface area contributed by atoms with E-state index in [1.807, 2.05) is 35.2 Å². The number of para-hydroxylation sites is 1. The van der Waals surface area contributed by atoms with Crippen molar-refractivity contribution in [2.45, 2.75) is 6.42 Å². The van der Waals surface area contributed by atoms with Crippen molar-refractivity contribution in [2.24, 2.45) is 0 Å². The summed E-state index contributed by atoms with van der Waals surface area (Å²) < 4.78 is 0. The third-order valence-corrected chi connectivity index (χ3v) is 5.25. The van der Waals surface area contributed by atoms with Gasteiger partial charge in [0.1, 0.15) is 5.82 Å². The van der Waals surface area contributed by atoms with Gasteiger partial charge in [0, 0.05) is 44.6 Å². The van der Waals surface area contributed by atoms with E-state index < -0.39 is 0 Å². The molecule has 2 aliphatic rings. The number of rotatable bonds is 3. The summed E-state index contributed by atoms with van der Waals surface area (Å²) in [5.41, 5.74) is 2.34. The molecule has 0 unspecified atom stereocenters. The number of aromatic nitrogens is 1. The van der Waals surface area contributed by atoms with E-state index >= 15 is 0 Å². The first kappa shape index (κ1) is 16.4. The molecule has 6 heteroatoms. The Labute approximate surface area is 152 Å². The van der Waals surface area contributed by atoms with E-state index in [0.29, 0.717) is 11.6 Å². The zero-order valence-corrected chi connectivity index (χ0v) is 14.8. The number of fused-ring (bicyclic) bond motifs is 1. The molecule has 0 spiro atoms. The lowest BCUT2D eigenvalue weighted by Crippen LogP contribution is -2.50. The molecule has 0 N–H and O–H groups in total. The van der Waals surface area contributed by atoms with Crippen molar-refractivity contribution < 1.29 is 4.79 Å². The third kappa shape index (κ3) is 3.34. The molecule has 1 aromatic heterocycles. The quantitative estimate of drug-likeness (QED) is 0.847. The maximum Gasteiger partial charge on any atom is 0.241 e. The maximum absolute atomic E-state index is 12.7. The normalized spacial score (nSPS) is 17.6. The number of hydrogen-bond acceptors (Lipinski definition) is 4. The highest BCUT2D eigenvalue weighted by Gasteiger charge is 2.27. The molecular formula is C19H21ClN4O. The Morgan fingerprint density at radius 2 is 1.84 bits per heavy atom. The van der Waals surface area contributed by atoms with E-state index in [1.54, 1.807) is 6.20 Å². The number of anilines is 2. The predicted octanol–water partition coefficient (Wildman–Crippen LogP) is 2.45. The van der Waals surface area contributed by atoms with Crippen LogP contribution in [-0.4, -0.2) is 55.1 Å². The Hall–Kier alpha value is -2.11. The summed E-state index contributed by atoms with van der Waals surface area (Å²) in [6.45, 7) is 4.61. The summed E-state index contributed by atoms with van der Waals surface area (Å²) in [6.07, 6.45) is 2.72. The summed E-state index contributed by atoms with van der Waals surface area (Å²) in [5, 5.41) is 0.681. The Morgan fingerprint density at radius 3 is 2.64 bits per heavy atom. The van der Waals surface area contributed by atoms with Crippen LogP contribution < -0.4 is 9.80 Å². The van der Waals surface area contributed by atoms with Gasteiger partial charge in [-0.15, -0.1) is 0 Å². The minimum Gasteiger partial charge on any atom is -0.353 e. The first-order valence-electron chi connectivity index (χ1n) is 8.68. The summed E-state index contributed by atoms with van der Waals surface area (Å²) >= 11 is 6.23. The van der Waals surface area contributed by atoms with Gasteiger partial charge in [-0.3, -0.25) is 9.69 Å². The number of benzene rings is 1. The molecule has 4 rings (SSSR count). The number of carbonyl (C=O) groups excluding carboxylic acids is 1. The molecule has 5 nitrogen and oxygen atoms in total. The molecule has 130 valence electrons. The second kappa shape index (κ2) is 7.02. The molecule has 1 amide bonds. The number of carbonyl (C=O) groups is 1. The van der Waals surface area contributed by atoms with Crippen molar-refractivity contribution in [3.8, 4) is 0 Å². The predicted molar refractivity (Wildman–Crippen MR) is 100 cm³/mol. The van der Waals surface area contributed by atoms with Crippen LogP contribution in [0.5, 0.6) is 0 Å². The lowest BCUT2D eigenvalue weighted by molar-refractivity contribution is -0.119. The first-order valence-corrected chi connectivity index (χ1v) is 9.06. The number of halogens is 1. The summed E-state index contributed by atoms with van der Waals surface area (Å²) in [6, 6.07) is 11.9. The van der Waals surface area contributed by atoms with Gasteiger partial charge in [-0.25, -0.2) is 4.98 Å². The van der Waals surface area contributed by atoms with Crippen molar-refractivity contribution >= 4 is 29.0 Å². The van der Waals surface area contributed by atoms with E-state index in [4.69, 9.17) is 11.6 Å². The van der Waals surface area contributed by atoms with Crippen molar-refractivity contribution in [3.63, 3.8) is 0 Å². The highest BCUT2D eigenvalue weighted by Crippen LogP contribution is 2.28. The summed E-state index contributed by atoms with van der Waals surface area (Å²) in [5.74, 6) is 1.03. The van der Waals surface area contributed by atoms with Gasteiger partial charge in [0.05, 0.1) is 11.6 Å². The second-order valence-corrected chi connectivity index (χ2v) is 6.90. The van der Waals surface area contributed by atoms with Crippen LogP contribution in [0.3, 0.4) is 0 Å². The summed E-state index contributed by atoms with van der Waals surface area (Å²) in [7, 11) is 0. The van der Waals surface area contributed by atoms with Crippen LogP contribution >= 0.6 is 11.6 Å². The molecule has 2 aliphatic heterocycles. The van der Waals surface area contributed by atoms with Crippen LogP contribution in [0.2, 0.25) is 5.02 Å². The van der Waals surface area contributed by atoms with Crippen LogP contribution in [0, 0.1) is 0 Å². The Bertz CT molecular complexity index is 774. The largest absolute Gasteiger partial charge is 0.353 e. The molecule has 1 saturated heterocycles. The van der Waals surface area contributed by atoms with Crippen LogP contribution in [0.25, 0.3) is 0 Å². The van der Waals surface area contributed by atoms with Crippen molar-refractivity contribution in [3.05, 3.63) is 53.2 Å². The number of pyridine rings is 1. The van der Waals surface area contributed by atoms with Crippen molar-refractivity contribution in [1.29, 1.82) is 0 Å². The second-order valence-electron chi connectivity index (χ2n) is 6.50. The number of hydrogen-bond donors (Lipinski definition) is 0. The molecule has 0 radical (unpaired) electrons. The molecule has 1 fully saturated rings. The fraction of sp³-hybridized carbons (Fsp3) is 0.368. The molecule has 0 atom stereocenters. The molecule has 0 bridgehead atoms. The van der Waals surface area contributed by atoms with Crippen LogP contribution in [0.15, 0.2) is 42.6 Å². The van der Waals surface area contributed by atoms with E-state index in [0.717, 1.165) is 50.6 Å². The molecule has 1 aromatic carbocycles. The van der Waals surface area contributed by atoms with Gasteiger partial charge in [-0.2, -0.15) is 0 Å². The Kier molecular flexibility index (Phi) is 4.59. The van der Waals surface area contributed by atoms with E-state index in [2.05, 4.69) is 20.9 Å². The Morgan fingerprint density at radius 1 is 1.04 bits per heavy atom. The van der Waals surface area contributed by atoms with E-state index in [-0.39, 0.29) is 5.91 Å². The van der Waals surface area contributed by atoms with Crippen LogP contribution in [0.4, 0.5) is 11.5 Å². The van der Waals surface area contributed by atoms with E-state index in [1.165, 1.54) is 5.56 Å². The van der Waals surface area contributed by atoms with E-state index in [9.17, 15) is 4.79 Å². The lowest BCUT2D eigenvalue weighted by Gasteiger charge is -2.36. The average Bonchev–Trinajstić information content (AvgIpc) is 3.07. The van der Waals surface area contributed by atoms with Gasteiger partial charge in [0.2, 0.25) is 5.91 Å². The molecule has 3 heterocycles. The van der Waals surface area contributed by atoms with Crippen LogP contribution in [-0.2, 0) is 11.2 Å². The molecule has 0 aliphatic carbocycles. The third-order valence-electron chi connectivity index (χ3n) is 4.96. The molecule has 0 saturated carbocycles. The van der Waals surface area contributed by atoms with Gasteiger partial charge in [-0.1, -0.05) is 29.8 Å². The van der Waals surface area contributed by atoms with Gasteiger partial charge in [0.25, 0.3) is 0 Å². The highest BCUT2D eigenvalue weighted by molar-refractivity contribution is 6.32. The maximum atomic E-state index is 12.7. The zero-order valence-electron chi connectivity index (χ0n) is 14.1. The molecule has 25 heavy (non-hydrogen) atoms. The van der Waals surface area contributed by atoms with Gasteiger partial charge >= 0.3 is 0 Å². The smallest absolute Gasteiger partial charge is 0.241 e. The lowest BCUT2D eigenvalue weighted by atomic mass is 10.2. The van der Waals surface area contributed by atoms with Gasteiger partial charge in [-0.05, 0) is 30.2 Å². The van der Waals surface area contributed by atoms with Gasteiger partial charge < -0.3 is 9.80 Å².